The lowest BCUT2D eigenvalue weighted by Crippen LogP contribution is -2.03. The van der Waals surface area contributed by atoms with E-state index in [4.69, 9.17) is 4.42 Å². The fourth-order valence-electron chi connectivity index (χ4n) is 2.34. The number of hydrogen-bond acceptors (Lipinski definition) is 3. The molecule has 0 spiro atoms. The molecule has 2 aromatic carbocycles. The lowest BCUT2D eigenvalue weighted by molar-refractivity contribution is 0.560. The topological polar surface area (TPSA) is 58.9 Å². The number of para-hydroxylation sites is 2. The van der Waals surface area contributed by atoms with Crippen molar-refractivity contribution in [3.05, 3.63) is 64.8 Å². The molecule has 0 saturated heterocycles. The van der Waals surface area contributed by atoms with Gasteiger partial charge in [-0.25, -0.2) is 14.2 Å². The Morgan fingerprint density at radius 3 is 2.81 bits per heavy atom. The molecule has 0 aliphatic carbocycles. The quantitative estimate of drug-likeness (QED) is 0.543. The summed E-state index contributed by atoms with van der Waals surface area (Å²) in [5.41, 5.74) is 1.70. The van der Waals surface area contributed by atoms with Crippen LogP contribution in [0.1, 0.15) is 0 Å². The third kappa shape index (κ3) is 1.90. The largest absolute Gasteiger partial charge is 0.422 e. The van der Waals surface area contributed by atoms with Gasteiger partial charge in [-0.15, -0.1) is 0 Å². The highest BCUT2D eigenvalue weighted by Gasteiger charge is 2.12. The average Bonchev–Trinajstić information content (AvgIpc) is 2.90. The minimum absolute atomic E-state index is 0.282. The number of imidazole rings is 1. The van der Waals surface area contributed by atoms with Crippen molar-refractivity contribution in [3.8, 4) is 11.4 Å². The van der Waals surface area contributed by atoms with E-state index in [0.29, 0.717) is 16.8 Å². The first-order valence-corrected chi connectivity index (χ1v) is 6.39. The van der Waals surface area contributed by atoms with Gasteiger partial charge in [0.25, 0.3) is 0 Å². The first-order chi connectivity index (χ1) is 10.2. The molecule has 21 heavy (non-hydrogen) atoms. The van der Waals surface area contributed by atoms with Gasteiger partial charge in [-0.05, 0) is 36.4 Å². The van der Waals surface area contributed by atoms with E-state index < -0.39 is 5.63 Å². The van der Waals surface area contributed by atoms with Crippen LogP contribution in [0.2, 0.25) is 0 Å². The predicted molar refractivity (Wildman–Crippen MR) is 77.5 cm³/mol. The van der Waals surface area contributed by atoms with Gasteiger partial charge < -0.3 is 9.40 Å². The molecule has 0 bridgehead atoms. The standard InChI is InChI=1S/C16H9FN2O2/c17-10-5-6-14-9(7-10)8-11(16(20)21-14)15-18-12-3-1-2-4-13(12)19-15/h1-8H,(H,18,19). The van der Waals surface area contributed by atoms with Gasteiger partial charge in [-0.1, -0.05) is 12.1 Å². The number of fused-ring (bicyclic) bond motifs is 2. The van der Waals surface area contributed by atoms with Crippen molar-refractivity contribution in [2.45, 2.75) is 0 Å². The highest BCUT2D eigenvalue weighted by Crippen LogP contribution is 2.22. The van der Waals surface area contributed by atoms with Crippen LogP contribution in [0.3, 0.4) is 0 Å². The van der Waals surface area contributed by atoms with Gasteiger partial charge in [0.05, 0.1) is 11.0 Å². The molecule has 0 aliphatic rings. The number of H-pyrrole nitrogens is 1. The van der Waals surface area contributed by atoms with Crippen LogP contribution < -0.4 is 5.63 Å². The number of nitrogens with one attached hydrogen (secondary N) is 1. The van der Waals surface area contributed by atoms with Crippen LogP contribution in [0.25, 0.3) is 33.4 Å². The van der Waals surface area contributed by atoms with Crippen molar-refractivity contribution in [3.63, 3.8) is 0 Å². The number of halogens is 1. The second-order valence-corrected chi connectivity index (χ2v) is 4.73. The van der Waals surface area contributed by atoms with Gasteiger partial charge in [-0.3, -0.25) is 0 Å². The van der Waals surface area contributed by atoms with E-state index >= 15 is 0 Å². The summed E-state index contributed by atoms with van der Waals surface area (Å²) in [6, 6.07) is 13.1. The summed E-state index contributed by atoms with van der Waals surface area (Å²) in [5.74, 6) is 0.0306. The molecule has 2 heterocycles. The molecular weight excluding hydrogens is 271 g/mol. The zero-order valence-electron chi connectivity index (χ0n) is 10.8. The van der Waals surface area contributed by atoms with Crippen LogP contribution in [-0.4, -0.2) is 9.97 Å². The highest BCUT2D eigenvalue weighted by molar-refractivity contribution is 5.83. The van der Waals surface area contributed by atoms with Gasteiger partial charge in [0.2, 0.25) is 0 Å². The second kappa shape index (κ2) is 4.28. The fraction of sp³-hybridized carbons (Fsp3) is 0. The number of aromatic nitrogens is 2. The summed E-state index contributed by atoms with van der Waals surface area (Å²) in [5, 5.41) is 0.519. The summed E-state index contributed by atoms with van der Waals surface area (Å²) in [7, 11) is 0. The molecular formula is C16H9FN2O2. The summed E-state index contributed by atoms with van der Waals surface area (Å²) in [6.07, 6.45) is 0. The van der Waals surface area contributed by atoms with Crippen LogP contribution in [0, 0.1) is 5.82 Å². The average molecular weight is 280 g/mol. The van der Waals surface area contributed by atoms with Crippen LogP contribution in [0.15, 0.2) is 57.7 Å². The Morgan fingerprint density at radius 2 is 1.95 bits per heavy atom. The Morgan fingerprint density at radius 1 is 1.10 bits per heavy atom. The number of aromatic amines is 1. The maximum Gasteiger partial charge on any atom is 0.347 e. The molecule has 0 atom stereocenters. The Bertz CT molecular complexity index is 1000. The maximum absolute atomic E-state index is 13.3. The smallest absolute Gasteiger partial charge is 0.347 e. The van der Waals surface area contributed by atoms with Crippen LogP contribution in [0.5, 0.6) is 0 Å². The van der Waals surface area contributed by atoms with Gasteiger partial charge in [-0.2, -0.15) is 0 Å². The van der Waals surface area contributed by atoms with Gasteiger partial charge in [0.15, 0.2) is 0 Å². The number of benzene rings is 2. The Labute approximate surface area is 117 Å². The third-order valence-corrected chi connectivity index (χ3v) is 3.34. The van der Waals surface area contributed by atoms with Crippen molar-refractivity contribution in [2.24, 2.45) is 0 Å². The van der Waals surface area contributed by atoms with Crippen LogP contribution in [0.4, 0.5) is 4.39 Å². The first kappa shape index (κ1) is 11.8. The normalized spacial score (nSPS) is 11.3. The molecule has 4 aromatic rings. The molecule has 4 rings (SSSR count). The van der Waals surface area contributed by atoms with E-state index in [1.165, 1.54) is 18.2 Å². The number of rotatable bonds is 1. The van der Waals surface area contributed by atoms with Gasteiger partial charge in [0, 0.05) is 5.39 Å². The van der Waals surface area contributed by atoms with Gasteiger partial charge >= 0.3 is 5.63 Å². The summed E-state index contributed by atoms with van der Waals surface area (Å²) >= 11 is 0. The second-order valence-electron chi connectivity index (χ2n) is 4.73. The monoisotopic (exact) mass is 280 g/mol. The molecule has 0 amide bonds. The molecule has 0 fully saturated rings. The van der Waals surface area contributed by atoms with Crippen molar-refractivity contribution in [1.29, 1.82) is 0 Å². The molecule has 4 nitrogen and oxygen atoms in total. The lowest BCUT2D eigenvalue weighted by Gasteiger charge is -1.99. The number of hydrogen-bond donors (Lipinski definition) is 1. The van der Waals surface area contributed by atoms with Gasteiger partial charge in [0.1, 0.15) is 22.8 Å². The molecule has 5 heteroatoms. The minimum Gasteiger partial charge on any atom is -0.422 e. The highest BCUT2D eigenvalue weighted by atomic mass is 19.1. The molecule has 102 valence electrons. The lowest BCUT2D eigenvalue weighted by atomic mass is 10.2. The molecule has 0 saturated carbocycles. The zero-order valence-corrected chi connectivity index (χ0v) is 10.8. The van der Waals surface area contributed by atoms with Crippen molar-refractivity contribution >= 4 is 22.0 Å². The van der Waals surface area contributed by atoms with Crippen molar-refractivity contribution < 1.29 is 8.81 Å². The Balaban J connectivity index is 2.00. The predicted octanol–water partition coefficient (Wildman–Crippen LogP) is 3.48. The van der Waals surface area contributed by atoms with Crippen molar-refractivity contribution in [2.75, 3.05) is 0 Å². The summed E-state index contributed by atoms with van der Waals surface area (Å²) in [4.78, 5) is 19.5. The SMILES string of the molecule is O=c1oc2ccc(F)cc2cc1-c1nc2ccccc2[nH]1. The van der Waals surface area contributed by atoms with Crippen LogP contribution >= 0.6 is 0 Å². The minimum atomic E-state index is -0.506. The Kier molecular flexibility index (Phi) is 2.41. The molecule has 1 N–H and O–H groups in total. The van der Waals surface area contributed by atoms with E-state index in [9.17, 15) is 9.18 Å². The Hall–Kier alpha value is -2.95. The van der Waals surface area contributed by atoms with E-state index in [2.05, 4.69) is 9.97 Å². The zero-order chi connectivity index (χ0) is 14.4. The first-order valence-electron chi connectivity index (χ1n) is 6.39. The van der Waals surface area contributed by atoms with E-state index in [1.54, 1.807) is 6.07 Å². The summed E-state index contributed by atoms with van der Waals surface area (Å²) < 4.78 is 18.5. The van der Waals surface area contributed by atoms with Crippen LogP contribution in [-0.2, 0) is 0 Å². The molecule has 0 radical (unpaired) electrons. The van der Waals surface area contributed by atoms with Crippen molar-refractivity contribution in [1.82, 2.24) is 9.97 Å². The van der Waals surface area contributed by atoms with E-state index in [-0.39, 0.29) is 11.4 Å². The third-order valence-electron chi connectivity index (χ3n) is 3.34. The molecule has 2 aromatic heterocycles. The molecule has 0 unspecified atom stereocenters. The number of nitrogens with zero attached hydrogens (tertiary/aromatic N) is 1. The van der Waals surface area contributed by atoms with E-state index in [1.807, 2.05) is 24.3 Å². The maximum atomic E-state index is 13.3. The molecule has 0 aliphatic heterocycles. The van der Waals surface area contributed by atoms with E-state index in [0.717, 1.165) is 11.0 Å². The summed E-state index contributed by atoms with van der Waals surface area (Å²) in [6.45, 7) is 0. The fourth-order valence-corrected chi connectivity index (χ4v) is 2.34.